The summed E-state index contributed by atoms with van der Waals surface area (Å²) >= 11 is 0. The molecule has 0 aliphatic carbocycles. The third-order valence-corrected chi connectivity index (χ3v) is 7.95. The first-order valence-corrected chi connectivity index (χ1v) is 14.6. The van der Waals surface area contributed by atoms with Crippen molar-refractivity contribution in [2.75, 3.05) is 26.3 Å². The Bertz CT molecular complexity index is 1330. The van der Waals surface area contributed by atoms with Gasteiger partial charge in [0, 0.05) is 31.1 Å². The maximum atomic E-state index is 11.8. The first-order valence-electron chi connectivity index (χ1n) is 14.6. The molecule has 0 aromatic heterocycles. The van der Waals surface area contributed by atoms with Gasteiger partial charge >= 0.3 is 6.09 Å². The molecule has 0 bridgehead atoms. The number of carbonyl (C=O) groups excluding carboxylic acids is 1. The highest BCUT2D eigenvalue weighted by Crippen LogP contribution is 2.39. The molecule has 3 N–H and O–H groups in total. The van der Waals surface area contributed by atoms with Gasteiger partial charge in [-0.1, -0.05) is 73.3 Å². The number of nitrogens with one attached hydrogen (secondary N) is 1. The molecule has 0 spiro atoms. The number of amides is 1. The zero-order valence-electron chi connectivity index (χ0n) is 23.9. The van der Waals surface area contributed by atoms with Gasteiger partial charge < -0.3 is 29.7 Å². The summed E-state index contributed by atoms with van der Waals surface area (Å²) in [6.07, 6.45) is 3.02. The Morgan fingerprint density at radius 3 is 2.55 bits per heavy atom. The molecule has 5 rings (SSSR count). The third-order valence-electron chi connectivity index (χ3n) is 7.95. The quantitative estimate of drug-likeness (QED) is 0.270. The molecular weight excluding hydrogens is 532 g/mol. The number of rotatable bonds is 11. The summed E-state index contributed by atoms with van der Waals surface area (Å²) in [6.45, 7) is 5.92. The van der Waals surface area contributed by atoms with Crippen LogP contribution in [0, 0.1) is 0 Å². The Balaban J connectivity index is 1.35. The lowest BCUT2D eigenvalue weighted by molar-refractivity contribution is -0.253. The van der Waals surface area contributed by atoms with E-state index in [-0.39, 0.29) is 38.1 Å². The number of carbonyl (C=O) groups is 1. The highest BCUT2D eigenvalue weighted by atomic mass is 16.7. The normalized spacial score (nSPS) is 22.5. The maximum absolute atomic E-state index is 11.8. The van der Waals surface area contributed by atoms with Crippen molar-refractivity contribution >= 4 is 6.09 Å². The summed E-state index contributed by atoms with van der Waals surface area (Å²) in [5, 5.41) is 22.1. The van der Waals surface area contributed by atoms with E-state index in [0.29, 0.717) is 13.0 Å². The second-order valence-electron chi connectivity index (χ2n) is 10.9. The van der Waals surface area contributed by atoms with E-state index in [0.717, 1.165) is 59.3 Å². The number of hydrogen-bond donors (Lipinski definition) is 3. The van der Waals surface area contributed by atoms with Gasteiger partial charge in [0.2, 0.25) is 0 Å². The van der Waals surface area contributed by atoms with Crippen LogP contribution in [0.2, 0.25) is 0 Å². The first kappa shape index (κ1) is 29.9. The average Bonchev–Trinajstić information content (AvgIpc) is 3.49. The minimum Gasteiger partial charge on any atom is -0.445 e. The second kappa shape index (κ2) is 14.6. The van der Waals surface area contributed by atoms with E-state index < -0.39 is 12.4 Å². The number of ether oxygens (including phenoxy) is 3. The van der Waals surface area contributed by atoms with E-state index >= 15 is 0 Å². The summed E-state index contributed by atoms with van der Waals surface area (Å²) < 4.78 is 18.2. The standard InChI is InChI=1S/C34H40N2O6/c1-2-16-40-34(39)35-20-25-6-3-7-27(17-25)28-8-4-9-29(18-28)33-41-31(21-36-15-5-10-30(36)23-38)19-32(42-33)26-13-11-24(22-37)12-14-26/h2-4,6-9,11-14,17-18,30-33,37-38H,1,5,10,15-16,19-23H2,(H,35,39). The molecule has 2 saturated heterocycles. The largest absolute Gasteiger partial charge is 0.445 e. The van der Waals surface area contributed by atoms with E-state index in [4.69, 9.17) is 14.2 Å². The van der Waals surface area contributed by atoms with Crippen LogP contribution in [0.1, 0.15) is 53.9 Å². The molecule has 2 aliphatic rings. The number of nitrogens with zero attached hydrogens (tertiary/aromatic N) is 1. The summed E-state index contributed by atoms with van der Waals surface area (Å²) in [6, 6.07) is 24.3. The molecule has 8 nitrogen and oxygen atoms in total. The fourth-order valence-electron chi connectivity index (χ4n) is 5.72. The van der Waals surface area contributed by atoms with Gasteiger partial charge in [0.15, 0.2) is 6.29 Å². The van der Waals surface area contributed by atoms with Crippen molar-refractivity contribution in [3.8, 4) is 11.1 Å². The lowest BCUT2D eigenvalue weighted by Crippen LogP contribution is -2.42. The van der Waals surface area contributed by atoms with Crippen LogP contribution >= 0.6 is 0 Å². The molecule has 2 aliphatic heterocycles. The monoisotopic (exact) mass is 572 g/mol. The zero-order chi connectivity index (χ0) is 29.3. The molecular formula is C34H40N2O6. The van der Waals surface area contributed by atoms with E-state index in [9.17, 15) is 15.0 Å². The minimum atomic E-state index is -0.564. The SMILES string of the molecule is C=CCOC(=O)NCc1cccc(-c2cccc(C3OC(CN4CCCC4CO)CC(c4ccc(CO)cc4)O3)c2)c1. The van der Waals surface area contributed by atoms with Crippen LogP contribution in [-0.4, -0.2) is 59.7 Å². The molecule has 222 valence electrons. The number of likely N-dealkylation sites (tertiary alicyclic amines) is 1. The van der Waals surface area contributed by atoms with Crippen LogP contribution in [0.5, 0.6) is 0 Å². The lowest BCUT2D eigenvalue weighted by Gasteiger charge is -2.38. The molecule has 0 radical (unpaired) electrons. The second-order valence-corrected chi connectivity index (χ2v) is 10.9. The van der Waals surface area contributed by atoms with E-state index in [2.05, 4.69) is 28.9 Å². The predicted molar refractivity (Wildman–Crippen MR) is 160 cm³/mol. The van der Waals surface area contributed by atoms with Gasteiger partial charge in [-0.25, -0.2) is 4.79 Å². The Kier molecular flexibility index (Phi) is 10.4. The topological polar surface area (TPSA) is 100 Å². The Morgan fingerprint density at radius 1 is 1.00 bits per heavy atom. The van der Waals surface area contributed by atoms with Gasteiger partial charge in [0.05, 0.1) is 25.4 Å². The van der Waals surface area contributed by atoms with Crippen molar-refractivity contribution in [1.82, 2.24) is 10.2 Å². The Labute approximate surface area is 247 Å². The maximum Gasteiger partial charge on any atom is 0.407 e. The number of aliphatic hydroxyl groups excluding tert-OH is 2. The highest BCUT2D eigenvalue weighted by Gasteiger charge is 2.35. The number of aliphatic hydroxyl groups is 2. The Morgan fingerprint density at radius 2 is 1.79 bits per heavy atom. The van der Waals surface area contributed by atoms with Crippen LogP contribution in [0.3, 0.4) is 0 Å². The lowest BCUT2D eigenvalue weighted by atomic mass is 9.98. The molecule has 3 aromatic rings. The predicted octanol–water partition coefficient (Wildman–Crippen LogP) is 5.26. The van der Waals surface area contributed by atoms with Crippen molar-refractivity contribution in [3.05, 3.63) is 108 Å². The van der Waals surface area contributed by atoms with Crippen LogP contribution in [0.25, 0.3) is 11.1 Å². The fraction of sp³-hybridized carbons (Fsp3) is 0.382. The number of alkyl carbamates (subject to hydrolysis) is 1. The van der Waals surface area contributed by atoms with Gasteiger partial charge in [-0.15, -0.1) is 0 Å². The molecule has 4 unspecified atom stereocenters. The van der Waals surface area contributed by atoms with Crippen LogP contribution < -0.4 is 5.32 Å². The molecule has 2 fully saturated rings. The summed E-state index contributed by atoms with van der Waals surface area (Å²) in [4.78, 5) is 14.2. The van der Waals surface area contributed by atoms with Crippen molar-refractivity contribution < 1.29 is 29.2 Å². The molecule has 42 heavy (non-hydrogen) atoms. The van der Waals surface area contributed by atoms with E-state index in [1.165, 1.54) is 6.08 Å². The van der Waals surface area contributed by atoms with Crippen LogP contribution in [0.15, 0.2) is 85.5 Å². The molecule has 1 amide bonds. The molecule has 0 saturated carbocycles. The van der Waals surface area contributed by atoms with Gasteiger partial charge in [-0.2, -0.15) is 0 Å². The van der Waals surface area contributed by atoms with Crippen molar-refractivity contribution in [1.29, 1.82) is 0 Å². The first-order chi connectivity index (χ1) is 20.6. The average molecular weight is 573 g/mol. The molecule has 3 aromatic carbocycles. The molecule has 2 heterocycles. The zero-order valence-corrected chi connectivity index (χ0v) is 23.9. The molecule has 4 atom stereocenters. The van der Waals surface area contributed by atoms with Gasteiger partial charge in [0.25, 0.3) is 0 Å². The van der Waals surface area contributed by atoms with Crippen LogP contribution in [-0.2, 0) is 27.4 Å². The summed E-state index contributed by atoms with van der Waals surface area (Å²) in [5.41, 5.74) is 5.82. The number of hydrogen-bond acceptors (Lipinski definition) is 7. The molecule has 8 heteroatoms. The highest BCUT2D eigenvalue weighted by molar-refractivity contribution is 5.68. The minimum absolute atomic E-state index is 0.00112. The van der Waals surface area contributed by atoms with Crippen molar-refractivity contribution in [2.45, 2.75) is 57.0 Å². The Hall–Kier alpha value is -3.53. The summed E-state index contributed by atoms with van der Waals surface area (Å²) in [5.74, 6) is 0. The number of benzene rings is 3. The van der Waals surface area contributed by atoms with Crippen molar-refractivity contribution in [2.24, 2.45) is 0 Å². The van der Waals surface area contributed by atoms with E-state index in [1.54, 1.807) is 0 Å². The smallest absolute Gasteiger partial charge is 0.407 e. The van der Waals surface area contributed by atoms with E-state index in [1.807, 2.05) is 60.7 Å². The van der Waals surface area contributed by atoms with Gasteiger partial charge in [0.1, 0.15) is 6.61 Å². The van der Waals surface area contributed by atoms with Crippen molar-refractivity contribution in [3.63, 3.8) is 0 Å². The van der Waals surface area contributed by atoms with Gasteiger partial charge in [-0.05, 0) is 59.3 Å². The fourth-order valence-corrected chi connectivity index (χ4v) is 5.72. The summed E-state index contributed by atoms with van der Waals surface area (Å²) in [7, 11) is 0. The van der Waals surface area contributed by atoms with Crippen LogP contribution in [0.4, 0.5) is 4.79 Å². The van der Waals surface area contributed by atoms with Gasteiger partial charge in [-0.3, -0.25) is 4.90 Å². The third kappa shape index (κ3) is 7.65.